The molecule has 0 bridgehead atoms. The van der Waals surface area contributed by atoms with E-state index in [2.05, 4.69) is 45.0 Å². The van der Waals surface area contributed by atoms with Crippen molar-refractivity contribution in [3.8, 4) is 0 Å². The van der Waals surface area contributed by atoms with E-state index in [1.165, 1.54) is 45.2 Å². The summed E-state index contributed by atoms with van der Waals surface area (Å²) in [5, 5.41) is 3.49. The van der Waals surface area contributed by atoms with Gasteiger partial charge in [-0.15, -0.1) is 0 Å². The lowest BCUT2D eigenvalue weighted by atomic mass is 9.85. The van der Waals surface area contributed by atoms with Gasteiger partial charge in [-0.1, -0.05) is 34.1 Å². The quantitative estimate of drug-likeness (QED) is 0.700. The molecule has 0 saturated heterocycles. The summed E-state index contributed by atoms with van der Waals surface area (Å²) in [6, 6.07) is 1.55. The molecule has 1 saturated carbocycles. The predicted molar refractivity (Wildman–Crippen MR) is 76.4 cm³/mol. The van der Waals surface area contributed by atoms with Crippen LogP contribution in [0.3, 0.4) is 0 Å². The molecule has 0 aromatic rings. The van der Waals surface area contributed by atoms with Gasteiger partial charge in [0.05, 0.1) is 0 Å². The van der Waals surface area contributed by atoms with Gasteiger partial charge in [0.15, 0.2) is 0 Å². The highest BCUT2D eigenvalue weighted by molar-refractivity contribution is 4.87. The van der Waals surface area contributed by atoms with Crippen LogP contribution in [0.2, 0.25) is 0 Å². The van der Waals surface area contributed by atoms with Crippen molar-refractivity contribution in [3.63, 3.8) is 0 Å². The van der Waals surface area contributed by atoms with Crippen molar-refractivity contribution in [2.45, 2.75) is 71.9 Å². The van der Waals surface area contributed by atoms with Crippen LogP contribution in [-0.2, 0) is 0 Å². The highest BCUT2D eigenvalue weighted by atomic mass is 15.2. The molecular weight excluding hydrogens is 208 g/mol. The third-order valence-electron chi connectivity index (χ3n) is 3.96. The molecule has 2 heteroatoms. The fraction of sp³-hybridized carbons (Fsp3) is 1.00. The Kier molecular flexibility index (Phi) is 5.94. The van der Waals surface area contributed by atoms with Crippen molar-refractivity contribution in [3.05, 3.63) is 0 Å². The summed E-state index contributed by atoms with van der Waals surface area (Å²) in [5.74, 6) is 0. The predicted octanol–water partition coefficient (Wildman–Crippen LogP) is 3.28. The van der Waals surface area contributed by atoms with Crippen molar-refractivity contribution >= 4 is 0 Å². The number of hydrogen-bond acceptors (Lipinski definition) is 2. The van der Waals surface area contributed by atoms with E-state index in [4.69, 9.17) is 0 Å². The van der Waals surface area contributed by atoms with Crippen LogP contribution in [0.25, 0.3) is 0 Å². The third kappa shape index (κ3) is 5.39. The Morgan fingerprint density at radius 1 is 1.24 bits per heavy atom. The minimum absolute atomic E-state index is 0.370. The zero-order valence-corrected chi connectivity index (χ0v) is 12.6. The molecule has 1 N–H and O–H groups in total. The summed E-state index contributed by atoms with van der Waals surface area (Å²) in [4.78, 5) is 2.72. The van der Waals surface area contributed by atoms with Crippen LogP contribution in [0.4, 0.5) is 0 Å². The van der Waals surface area contributed by atoms with E-state index >= 15 is 0 Å². The molecule has 0 aliphatic heterocycles. The third-order valence-corrected chi connectivity index (χ3v) is 3.96. The van der Waals surface area contributed by atoms with Crippen LogP contribution in [0.15, 0.2) is 0 Å². The largest absolute Gasteiger partial charge is 0.316 e. The molecule has 1 atom stereocenters. The summed E-state index contributed by atoms with van der Waals surface area (Å²) < 4.78 is 0. The zero-order valence-electron chi connectivity index (χ0n) is 12.6. The van der Waals surface area contributed by atoms with Gasteiger partial charge in [0.2, 0.25) is 0 Å². The van der Waals surface area contributed by atoms with E-state index in [0.29, 0.717) is 11.5 Å². The van der Waals surface area contributed by atoms with Gasteiger partial charge in [0.25, 0.3) is 0 Å². The van der Waals surface area contributed by atoms with E-state index in [1.807, 2.05) is 0 Å². The van der Waals surface area contributed by atoms with Gasteiger partial charge in [-0.3, -0.25) is 0 Å². The monoisotopic (exact) mass is 240 g/mol. The summed E-state index contributed by atoms with van der Waals surface area (Å²) in [6.07, 6.45) is 6.82. The zero-order chi connectivity index (χ0) is 12.9. The fourth-order valence-electron chi connectivity index (χ4n) is 2.58. The molecule has 1 aliphatic rings. The molecule has 0 amide bonds. The molecule has 17 heavy (non-hydrogen) atoms. The Balaban J connectivity index is 2.34. The van der Waals surface area contributed by atoms with E-state index < -0.39 is 0 Å². The van der Waals surface area contributed by atoms with Gasteiger partial charge >= 0.3 is 0 Å². The van der Waals surface area contributed by atoms with E-state index in [-0.39, 0.29) is 0 Å². The van der Waals surface area contributed by atoms with Crippen LogP contribution in [0, 0.1) is 5.41 Å². The van der Waals surface area contributed by atoms with Gasteiger partial charge in [-0.2, -0.15) is 0 Å². The van der Waals surface area contributed by atoms with Crippen molar-refractivity contribution in [1.82, 2.24) is 10.2 Å². The van der Waals surface area contributed by atoms with Crippen LogP contribution in [0.1, 0.15) is 59.8 Å². The van der Waals surface area contributed by atoms with E-state index in [1.54, 1.807) is 0 Å². The first-order chi connectivity index (χ1) is 7.99. The highest BCUT2D eigenvalue weighted by Crippen LogP contribution is 2.28. The lowest BCUT2D eigenvalue weighted by molar-refractivity contribution is 0.202. The molecule has 0 radical (unpaired) electrons. The van der Waals surface area contributed by atoms with Crippen LogP contribution in [0.5, 0.6) is 0 Å². The second kappa shape index (κ2) is 6.75. The maximum atomic E-state index is 3.49. The SMILES string of the molecule is CCCCN(CCC(NC)C(C)(C)C)C1CC1. The smallest absolute Gasteiger partial charge is 0.0125 e. The number of unbranched alkanes of at least 4 members (excludes halogenated alkanes) is 1. The Bertz CT molecular complexity index is 203. The van der Waals surface area contributed by atoms with Gasteiger partial charge in [-0.25, -0.2) is 0 Å². The van der Waals surface area contributed by atoms with Gasteiger partial charge in [-0.05, 0) is 51.2 Å². The molecule has 0 aromatic heterocycles. The average Bonchev–Trinajstić information content (AvgIpc) is 3.05. The minimum atomic E-state index is 0.370. The number of nitrogens with one attached hydrogen (secondary N) is 1. The van der Waals surface area contributed by atoms with Crippen molar-refractivity contribution < 1.29 is 0 Å². The van der Waals surface area contributed by atoms with Gasteiger partial charge in [0.1, 0.15) is 0 Å². The molecule has 1 unspecified atom stereocenters. The molecule has 0 heterocycles. The van der Waals surface area contributed by atoms with E-state index in [9.17, 15) is 0 Å². The number of hydrogen-bond donors (Lipinski definition) is 1. The average molecular weight is 240 g/mol. The molecule has 1 fully saturated rings. The van der Waals surface area contributed by atoms with Crippen molar-refractivity contribution in [1.29, 1.82) is 0 Å². The first-order valence-electron chi connectivity index (χ1n) is 7.40. The topological polar surface area (TPSA) is 15.3 Å². The second-order valence-corrected chi connectivity index (χ2v) is 6.62. The Morgan fingerprint density at radius 3 is 2.29 bits per heavy atom. The highest BCUT2D eigenvalue weighted by Gasteiger charge is 2.30. The maximum Gasteiger partial charge on any atom is 0.0125 e. The first kappa shape index (κ1) is 15.0. The minimum Gasteiger partial charge on any atom is -0.316 e. The summed E-state index contributed by atoms with van der Waals surface area (Å²) in [7, 11) is 2.10. The lowest BCUT2D eigenvalue weighted by Gasteiger charge is -2.33. The Morgan fingerprint density at radius 2 is 1.88 bits per heavy atom. The molecule has 0 spiro atoms. The van der Waals surface area contributed by atoms with Crippen LogP contribution in [-0.4, -0.2) is 37.1 Å². The summed E-state index contributed by atoms with van der Waals surface area (Å²) in [6.45, 7) is 11.9. The molecule has 2 nitrogen and oxygen atoms in total. The van der Waals surface area contributed by atoms with Crippen molar-refractivity contribution in [2.24, 2.45) is 5.41 Å². The molecule has 1 aliphatic carbocycles. The molecule has 102 valence electrons. The van der Waals surface area contributed by atoms with Crippen molar-refractivity contribution in [2.75, 3.05) is 20.1 Å². The van der Waals surface area contributed by atoms with Gasteiger partial charge in [0, 0.05) is 12.1 Å². The maximum absolute atomic E-state index is 3.49. The summed E-state index contributed by atoms with van der Waals surface area (Å²) >= 11 is 0. The van der Waals surface area contributed by atoms with Crippen LogP contribution >= 0.6 is 0 Å². The molecular formula is C15H32N2. The first-order valence-corrected chi connectivity index (χ1v) is 7.40. The molecule has 0 aromatic carbocycles. The Hall–Kier alpha value is -0.0800. The standard InChI is InChI=1S/C15H32N2/c1-6-7-11-17(13-8-9-13)12-10-14(16-5)15(2,3)4/h13-14,16H,6-12H2,1-5H3. The molecule has 1 rings (SSSR count). The number of nitrogens with zero attached hydrogens (tertiary/aromatic N) is 1. The Labute approximate surface area is 108 Å². The number of rotatable bonds is 8. The second-order valence-electron chi connectivity index (χ2n) is 6.62. The van der Waals surface area contributed by atoms with Gasteiger partial charge < -0.3 is 10.2 Å². The fourth-order valence-corrected chi connectivity index (χ4v) is 2.58. The summed E-state index contributed by atoms with van der Waals surface area (Å²) in [5.41, 5.74) is 0.370. The van der Waals surface area contributed by atoms with E-state index in [0.717, 1.165) is 6.04 Å². The van der Waals surface area contributed by atoms with Crippen LogP contribution < -0.4 is 5.32 Å². The normalized spacial score (nSPS) is 18.7. The lowest BCUT2D eigenvalue weighted by Crippen LogP contribution is -2.41.